The summed E-state index contributed by atoms with van der Waals surface area (Å²) in [4.78, 5) is 11.5. The first-order valence-corrected chi connectivity index (χ1v) is 4.29. The second kappa shape index (κ2) is 3.34. The second-order valence-electron chi connectivity index (χ2n) is 3.10. The molecule has 0 spiro atoms. The molecule has 0 fully saturated rings. The molecule has 0 saturated carbocycles. The number of phenols is 2. The smallest absolute Gasteiger partial charge is 0.238 e. The van der Waals surface area contributed by atoms with Crippen LogP contribution < -0.4 is 10.2 Å². The summed E-state index contributed by atoms with van der Waals surface area (Å²) in [5.41, 5.74) is -0.837. The lowest BCUT2D eigenvalue weighted by molar-refractivity contribution is 0.346. The largest absolute Gasteiger partial charge is 0.504 e. The van der Waals surface area contributed by atoms with Gasteiger partial charge in [-0.15, -0.1) is 0 Å². The van der Waals surface area contributed by atoms with E-state index in [2.05, 4.69) is 0 Å². The SMILES string of the molecule is COc1c(O)cc2occ(O)c(=O)c2c1O. The highest BCUT2D eigenvalue weighted by molar-refractivity contribution is 5.89. The van der Waals surface area contributed by atoms with E-state index in [1.807, 2.05) is 0 Å². The molecule has 1 heterocycles. The second-order valence-corrected chi connectivity index (χ2v) is 3.10. The zero-order valence-electron chi connectivity index (χ0n) is 8.22. The lowest BCUT2D eigenvalue weighted by atomic mass is 10.2. The van der Waals surface area contributed by atoms with Crippen molar-refractivity contribution in [3.05, 3.63) is 22.6 Å². The predicted molar refractivity (Wildman–Crippen MR) is 54.0 cm³/mol. The molecule has 0 aliphatic carbocycles. The Morgan fingerprint density at radius 2 is 1.94 bits per heavy atom. The van der Waals surface area contributed by atoms with E-state index in [-0.39, 0.29) is 22.5 Å². The summed E-state index contributed by atoms with van der Waals surface area (Å²) >= 11 is 0. The van der Waals surface area contributed by atoms with Crippen LogP contribution in [0, 0.1) is 0 Å². The molecule has 0 amide bonds. The Bertz CT molecular complexity index is 613. The fourth-order valence-corrected chi connectivity index (χ4v) is 1.43. The van der Waals surface area contributed by atoms with E-state index >= 15 is 0 Å². The molecule has 16 heavy (non-hydrogen) atoms. The topological polar surface area (TPSA) is 100 Å². The Balaban J connectivity index is 3.01. The third kappa shape index (κ3) is 1.23. The molecular formula is C10H8O6. The Labute approximate surface area is 88.9 Å². The van der Waals surface area contributed by atoms with Crippen molar-refractivity contribution in [3.8, 4) is 23.0 Å². The molecule has 0 aliphatic heterocycles. The molecule has 6 heteroatoms. The van der Waals surface area contributed by atoms with Gasteiger partial charge in [-0.1, -0.05) is 0 Å². The van der Waals surface area contributed by atoms with Gasteiger partial charge in [-0.05, 0) is 0 Å². The van der Waals surface area contributed by atoms with E-state index in [4.69, 9.17) is 14.3 Å². The van der Waals surface area contributed by atoms with Crippen LogP contribution in [0.15, 0.2) is 21.5 Å². The summed E-state index contributed by atoms with van der Waals surface area (Å²) in [6.45, 7) is 0. The Morgan fingerprint density at radius 1 is 1.25 bits per heavy atom. The van der Waals surface area contributed by atoms with Crippen LogP contribution in [0.2, 0.25) is 0 Å². The highest BCUT2D eigenvalue weighted by Crippen LogP contribution is 2.40. The van der Waals surface area contributed by atoms with Crippen molar-refractivity contribution in [3.63, 3.8) is 0 Å². The minimum atomic E-state index is -0.794. The van der Waals surface area contributed by atoms with Gasteiger partial charge < -0.3 is 24.5 Å². The van der Waals surface area contributed by atoms with E-state index in [9.17, 15) is 15.0 Å². The van der Waals surface area contributed by atoms with Gasteiger partial charge >= 0.3 is 0 Å². The van der Waals surface area contributed by atoms with E-state index in [1.165, 1.54) is 7.11 Å². The highest BCUT2D eigenvalue weighted by atomic mass is 16.5. The van der Waals surface area contributed by atoms with Crippen molar-refractivity contribution >= 4 is 11.0 Å². The summed E-state index contributed by atoms with van der Waals surface area (Å²) in [6.07, 6.45) is 0.829. The average molecular weight is 224 g/mol. The standard InChI is InChI=1S/C10H8O6/c1-15-10-4(11)2-6-7(9(10)14)8(13)5(12)3-16-6/h2-3,11-12,14H,1H3. The van der Waals surface area contributed by atoms with Crippen LogP contribution in [0.1, 0.15) is 0 Å². The predicted octanol–water partition coefficient (Wildman–Crippen LogP) is 0.918. The maximum atomic E-state index is 11.5. The molecule has 0 aliphatic rings. The lowest BCUT2D eigenvalue weighted by Crippen LogP contribution is -2.01. The summed E-state index contributed by atoms with van der Waals surface area (Å²) in [5, 5.41) is 28.0. The van der Waals surface area contributed by atoms with Crippen LogP contribution >= 0.6 is 0 Å². The molecule has 0 bridgehead atoms. The highest BCUT2D eigenvalue weighted by Gasteiger charge is 2.18. The van der Waals surface area contributed by atoms with Crippen molar-refractivity contribution in [2.45, 2.75) is 0 Å². The van der Waals surface area contributed by atoms with Crippen molar-refractivity contribution in [2.75, 3.05) is 7.11 Å². The van der Waals surface area contributed by atoms with E-state index in [0.717, 1.165) is 12.3 Å². The van der Waals surface area contributed by atoms with Crippen molar-refractivity contribution in [1.82, 2.24) is 0 Å². The van der Waals surface area contributed by atoms with Gasteiger partial charge in [0.1, 0.15) is 17.2 Å². The maximum Gasteiger partial charge on any atom is 0.238 e. The number of methoxy groups -OCH3 is 1. The van der Waals surface area contributed by atoms with Crippen LogP contribution in [-0.2, 0) is 0 Å². The Kier molecular flexibility index (Phi) is 2.12. The number of rotatable bonds is 1. The molecule has 3 N–H and O–H groups in total. The first kappa shape index (κ1) is 10.2. The zero-order chi connectivity index (χ0) is 11.9. The minimum absolute atomic E-state index is 0.0430. The molecule has 2 rings (SSSR count). The number of benzene rings is 1. The van der Waals surface area contributed by atoms with Crippen LogP contribution in [0.4, 0.5) is 0 Å². The summed E-state index contributed by atoms with van der Waals surface area (Å²) in [7, 11) is 1.23. The van der Waals surface area contributed by atoms with Crippen molar-refractivity contribution in [1.29, 1.82) is 0 Å². The van der Waals surface area contributed by atoms with Crippen molar-refractivity contribution < 1.29 is 24.5 Å². The molecule has 84 valence electrons. The van der Waals surface area contributed by atoms with Crippen LogP contribution in [0.25, 0.3) is 11.0 Å². The van der Waals surface area contributed by atoms with E-state index in [1.54, 1.807) is 0 Å². The average Bonchev–Trinajstić information content (AvgIpc) is 2.24. The number of hydrogen-bond acceptors (Lipinski definition) is 6. The molecule has 0 radical (unpaired) electrons. The molecule has 0 saturated heterocycles. The van der Waals surface area contributed by atoms with Gasteiger partial charge in [-0.25, -0.2) is 0 Å². The molecule has 2 aromatic rings. The summed E-state index contributed by atoms with van der Waals surface area (Å²) in [6, 6.07) is 1.12. The summed E-state index contributed by atoms with van der Waals surface area (Å²) < 4.78 is 9.58. The van der Waals surface area contributed by atoms with Crippen LogP contribution in [0.3, 0.4) is 0 Å². The monoisotopic (exact) mass is 224 g/mol. The molecule has 0 unspecified atom stereocenters. The number of fused-ring (bicyclic) bond motifs is 1. The van der Waals surface area contributed by atoms with Gasteiger partial charge in [0.25, 0.3) is 0 Å². The minimum Gasteiger partial charge on any atom is -0.504 e. The zero-order valence-corrected chi connectivity index (χ0v) is 8.22. The molecule has 1 aromatic heterocycles. The quantitative estimate of drug-likeness (QED) is 0.665. The first-order chi connectivity index (χ1) is 7.56. The summed E-state index contributed by atoms with van der Waals surface area (Å²) in [5.74, 6) is -1.80. The Morgan fingerprint density at radius 3 is 2.56 bits per heavy atom. The molecule has 0 atom stereocenters. The van der Waals surface area contributed by atoms with Crippen molar-refractivity contribution in [2.24, 2.45) is 0 Å². The fourth-order valence-electron chi connectivity index (χ4n) is 1.43. The fraction of sp³-hybridized carbons (Fsp3) is 0.100. The molecular weight excluding hydrogens is 216 g/mol. The Hall–Kier alpha value is -2.37. The van der Waals surface area contributed by atoms with Crippen LogP contribution in [0.5, 0.6) is 23.0 Å². The van der Waals surface area contributed by atoms with Gasteiger partial charge in [-0.3, -0.25) is 4.79 Å². The number of ether oxygens (including phenoxy) is 1. The van der Waals surface area contributed by atoms with Gasteiger partial charge in [0.05, 0.1) is 7.11 Å². The first-order valence-electron chi connectivity index (χ1n) is 4.29. The van der Waals surface area contributed by atoms with Gasteiger partial charge in [0, 0.05) is 6.07 Å². The normalized spacial score (nSPS) is 10.6. The van der Waals surface area contributed by atoms with Gasteiger partial charge in [0.2, 0.25) is 11.2 Å². The number of hydrogen-bond donors (Lipinski definition) is 3. The van der Waals surface area contributed by atoms with Gasteiger partial charge in [0.15, 0.2) is 17.2 Å². The number of phenolic OH excluding ortho intramolecular Hbond substituents is 2. The van der Waals surface area contributed by atoms with Gasteiger partial charge in [-0.2, -0.15) is 0 Å². The maximum absolute atomic E-state index is 11.5. The number of aromatic hydroxyl groups is 3. The third-order valence-electron chi connectivity index (χ3n) is 2.16. The van der Waals surface area contributed by atoms with E-state index in [0.29, 0.717) is 0 Å². The molecule has 1 aromatic carbocycles. The lowest BCUT2D eigenvalue weighted by Gasteiger charge is -2.07. The van der Waals surface area contributed by atoms with Crippen LogP contribution in [-0.4, -0.2) is 22.4 Å². The molecule has 6 nitrogen and oxygen atoms in total. The third-order valence-corrected chi connectivity index (χ3v) is 2.16. The van der Waals surface area contributed by atoms with E-state index < -0.39 is 16.9 Å².